The van der Waals surface area contributed by atoms with Crippen LogP contribution in [0.5, 0.6) is 0 Å². The van der Waals surface area contributed by atoms with Crippen LogP contribution in [0.1, 0.15) is 25.7 Å². The molecule has 34 heavy (non-hydrogen) atoms. The Morgan fingerprint density at radius 3 is 2.47 bits per heavy atom. The van der Waals surface area contributed by atoms with Crippen molar-refractivity contribution in [3.05, 3.63) is 36.3 Å². The SMILES string of the molecule is CN(C)C1(CO)CCC(NC(=O)CN2CCN(c3nncc(-c4ccc(F)cc4)n3)CC2)CC1. The Balaban J connectivity index is 1.24. The van der Waals surface area contributed by atoms with Crippen molar-refractivity contribution in [1.82, 2.24) is 30.3 Å². The van der Waals surface area contributed by atoms with Crippen LogP contribution < -0.4 is 10.2 Å². The summed E-state index contributed by atoms with van der Waals surface area (Å²) < 4.78 is 13.2. The van der Waals surface area contributed by atoms with E-state index < -0.39 is 0 Å². The molecule has 2 heterocycles. The molecule has 0 spiro atoms. The van der Waals surface area contributed by atoms with Crippen LogP contribution in [-0.2, 0) is 4.79 Å². The quantitative estimate of drug-likeness (QED) is 0.621. The molecule has 1 saturated carbocycles. The summed E-state index contributed by atoms with van der Waals surface area (Å²) in [5, 5.41) is 21.2. The number of anilines is 1. The highest BCUT2D eigenvalue weighted by molar-refractivity contribution is 5.78. The van der Waals surface area contributed by atoms with Crippen LogP contribution in [0.15, 0.2) is 30.5 Å². The van der Waals surface area contributed by atoms with Gasteiger partial charge in [-0.2, -0.15) is 5.10 Å². The Hall–Kier alpha value is -2.69. The monoisotopic (exact) mass is 471 g/mol. The predicted octanol–water partition coefficient (Wildman–Crippen LogP) is 1.15. The molecule has 4 rings (SSSR count). The van der Waals surface area contributed by atoms with Gasteiger partial charge in [0.2, 0.25) is 11.9 Å². The fourth-order valence-corrected chi connectivity index (χ4v) is 4.82. The van der Waals surface area contributed by atoms with E-state index in [2.05, 4.69) is 35.2 Å². The van der Waals surface area contributed by atoms with Crippen LogP contribution in [-0.4, -0.2) is 101 Å². The number of aliphatic hydroxyl groups is 1. The summed E-state index contributed by atoms with van der Waals surface area (Å²) in [5.74, 6) is 0.305. The van der Waals surface area contributed by atoms with Gasteiger partial charge >= 0.3 is 0 Å². The second-order valence-corrected chi connectivity index (χ2v) is 9.53. The van der Waals surface area contributed by atoms with E-state index in [4.69, 9.17) is 0 Å². The second-order valence-electron chi connectivity index (χ2n) is 9.53. The van der Waals surface area contributed by atoms with Crippen molar-refractivity contribution in [3.8, 4) is 11.3 Å². The average molecular weight is 472 g/mol. The number of benzene rings is 1. The summed E-state index contributed by atoms with van der Waals surface area (Å²) in [6, 6.07) is 6.33. The summed E-state index contributed by atoms with van der Waals surface area (Å²) >= 11 is 0. The van der Waals surface area contributed by atoms with Crippen LogP contribution in [0.3, 0.4) is 0 Å². The topological polar surface area (TPSA) is 97.7 Å². The number of halogens is 1. The average Bonchev–Trinajstić information content (AvgIpc) is 2.85. The molecule has 2 fully saturated rings. The Bertz CT molecular complexity index is 956. The van der Waals surface area contributed by atoms with Crippen LogP contribution in [0.4, 0.5) is 10.3 Å². The highest BCUT2D eigenvalue weighted by Gasteiger charge is 2.37. The lowest BCUT2D eigenvalue weighted by molar-refractivity contribution is -0.123. The number of amides is 1. The number of nitrogens with one attached hydrogen (secondary N) is 1. The van der Waals surface area contributed by atoms with E-state index >= 15 is 0 Å². The fourth-order valence-electron chi connectivity index (χ4n) is 4.82. The molecule has 1 aliphatic carbocycles. The first-order chi connectivity index (χ1) is 16.4. The summed E-state index contributed by atoms with van der Waals surface area (Å²) in [6.07, 6.45) is 5.10. The molecular formula is C24H34FN7O2. The maximum Gasteiger partial charge on any atom is 0.245 e. The van der Waals surface area contributed by atoms with Crippen molar-refractivity contribution >= 4 is 11.9 Å². The van der Waals surface area contributed by atoms with Gasteiger partial charge in [-0.15, -0.1) is 5.10 Å². The van der Waals surface area contributed by atoms with Gasteiger partial charge in [0.1, 0.15) is 5.82 Å². The Morgan fingerprint density at radius 1 is 1.18 bits per heavy atom. The van der Waals surface area contributed by atoms with E-state index in [1.807, 2.05) is 14.1 Å². The highest BCUT2D eigenvalue weighted by atomic mass is 19.1. The van der Waals surface area contributed by atoms with E-state index in [1.54, 1.807) is 18.3 Å². The molecule has 2 N–H and O–H groups in total. The summed E-state index contributed by atoms with van der Waals surface area (Å²) in [6.45, 7) is 3.39. The van der Waals surface area contributed by atoms with Gasteiger partial charge in [-0.1, -0.05) is 0 Å². The van der Waals surface area contributed by atoms with Gasteiger partial charge in [0.05, 0.1) is 25.0 Å². The highest BCUT2D eigenvalue weighted by Crippen LogP contribution is 2.32. The van der Waals surface area contributed by atoms with E-state index in [1.165, 1.54) is 12.1 Å². The standard InChI is InChI=1S/C24H34FN7O2/c1-30(2)24(17-33)9-7-20(8-10-24)27-22(34)16-31-11-13-32(14-12-31)23-28-21(15-26-29-23)18-3-5-19(25)6-4-18/h3-6,15,20,33H,7-14,16-17H2,1-2H3,(H,27,34). The molecular weight excluding hydrogens is 437 g/mol. The maximum absolute atomic E-state index is 13.2. The number of rotatable bonds is 7. The number of likely N-dealkylation sites (N-methyl/N-ethyl adjacent to an activating group) is 1. The first-order valence-corrected chi connectivity index (χ1v) is 11.9. The minimum Gasteiger partial charge on any atom is -0.394 e. The van der Waals surface area contributed by atoms with Gasteiger partial charge in [0.25, 0.3) is 0 Å². The van der Waals surface area contributed by atoms with Crippen molar-refractivity contribution < 1.29 is 14.3 Å². The molecule has 1 aliphatic heterocycles. The molecule has 10 heteroatoms. The van der Waals surface area contributed by atoms with Gasteiger partial charge < -0.3 is 20.2 Å². The van der Waals surface area contributed by atoms with E-state index in [9.17, 15) is 14.3 Å². The second kappa shape index (κ2) is 10.7. The van der Waals surface area contributed by atoms with E-state index in [0.29, 0.717) is 31.3 Å². The van der Waals surface area contributed by atoms with Crippen molar-refractivity contribution in [2.45, 2.75) is 37.3 Å². The Morgan fingerprint density at radius 2 is 1.85 bits per heavy atom. The zero-order valence-electron chi connectivity index (χ0n) is 20.0. The molecule has 2 aliphatic rings. The minimum atomic E-state index is -0.290. The summed E-state index contributed by atoms with van der Waals surface area (Å²) in [7, 11) is 4.02. The molecule has 0 atom stereocenters. The third-order valence-corrected chi connectivity index (χ3v) is 7.23. The number of aliphatic hydroxyl groups excluding tert-OH is 1. The number of piperazine rings is 1. The first-order valence-electron chi connectivity index (χ1n) is 11.9. The lowest BCUT2D eigenvalue weighted by Crippen LogP contribution is -2.54. The smallest absolute Gasteiger partial charge is 0.245 e. The van der Waals surface area contributed by atoms with Crippen molar-refractivity contribution in [2.75, 3.05) is 58.3 Å². The number of carbonyl (C=O) groups is 1. The molecule has 9 nitrogen and oxygen atoms in total. The van der Waals surface area contributed by atoms with Crippen LogP contribution in [0, 0.1) is 5.82 Å². The van der Waals surface area contributed by atoms with Gasteiger partial charge in [-0.3, -0.25) is 9.69 Å². The molecule has 184 valence electrons. The molecule has 0 unspecified atom stereocenters. The third-order valence-electron chi connectivity index (χ3n) is 7.23. The third kappa shape index (κ3) is 5.68. The molecule has 2 aromatic rings. The number of aromatic nitrogens is 3. The van der Waals surface area contributed by atoms with Crippen LogP contribution in [0.25, 0.3) is 11.3 Å². The number of hydrogen-bond acceptors (Lipinski definition) is 8. The van der Waals surface area contributed by atoms with Crippen LogP contribution in [0.2, 0.25) is 0 Å². The Labute approximate surface area is 200 Å². The summed E-state index contributed by atoms with van der Waals surface area (Å²) in [5.41, 5.74) is 1.28. The lowest BCUT2D eigenvalue weighted by Gasteiger charge is -2.44. The molecule has 1 aromatic heterocycles. The van der Waals surface area contributed by atoms with Gasteiger partial charge in [-0.05, 0) is 64.0 Å². The van der Waals surface area contributed by atoms with Gasteiger partial charge in [0.15, 0.2) is 0 Å². The van der Waals surface area contributed by atoms with Crippen molar-refractivity contribution in [3.63, 3.8) is 0 Å². The van der Waals surface area contributed by atoms with Gasteiger partial charge in [0, 0.05) is 43.3 Å². The normalized spacial score (nSPS) is 23.8. The molecule has 1 aromatic carbocycles. The van der Waals surface area contributed by atoms with Gasteiger partial charge in [-0.25, -0.2) is 9.37 Å². The van der Waals surface area contributed by atoms with E-state index in [-0.39, 0.29) is 29.9 Å². The Kier molecular flexibility index (Phi) is 7.70. The fraction of sp³-hybridized carbons (Fsp3) is 0.583. The maximum atomic E-state index is 13.2. The molecule has 1 amide bonds. The summed E-state index contributed by atoms with van der Waals surface area (Å²) in [4.78, 5) is 23.5. The zero-order chi connectivity index (χ0) is 24.1. The molecule has 0 radical (unpaired) electrons. The van der Waals surface area contributed by atoms with Crippen LogP contribution >= 0.6 is 0 Å². The molecule has 0 bridgehead atoms. The number of hydrogen-bond donors (Lipinski definition) is 2. The number of nitrogens with zero attached hydrogens (tertiary/aromatic N) is 6. The number of carbonyl (C=O) groups excluding carboxylic acids is 1. The van der Waals surface area contributed by atoms with Crippen molar-refractivity contribution in [2.24, 2.45) is 0 Å². The van der Waals surface area contributed by atoms with Crippen molar-refractivity contribution in [1.29, 1.82) is 0 Å². The van der Waals surface area contributed by atoms with E-state index in [0.717, 1.165) is 44.3 Å². The predicted molar refractivity (Wildman–Crippen MR) is 128 cm³/mol. The first kappa shape index (κ1) is 24.4. The largest absolute Gasteiger partial charge is 0.394 e. The zero-order valence-corrected chi connectivity index (χ0v) is 20.0. The minimum absolute atomic E-state index is 0.0519. The molecule has 1 saturated heterocycles. The lowest BCUT2D eigenvalue weighted by atomic mass is 9.79.